The molecule has 0 unspecified atom stereocenters. The van der Waals surface area contributed by atoms with Crippen molar-refractivity contribution in [1.82, 2.24) is 0 Å². The summed E-state index contributed by atoms with van der Waals surface area (Å²) in [7, 11) is 1.49. The van der Waals surface area contributed by atoms with E-state index in [1.54, 1.807) is 18.2 Å². The molecule has 2 rings (SSSR count). The van der Waals surface area contributed by atoms with Gasteiger partial charge in [-0.3, -0.25) is 4.79 Å². The van der Waals surface area contributed by atoms with E-state index in [2.05, 4.69) is 0 Å². The smallest absolute Gasteiger partial charge is 0.163 e. The Balaban J connectivity index is 2.23. The number of aldehydes is 1. The van der Waals surface area contributed by atoms with E-state index >= 15 is 0 Å². The van der Waals surface area contributed by atoms with Crippen molar-refractivity contribution in [2.24, 2.45) is 0 Å². The van der Waals surface area contributed by atoms with Crippen molar-refractivity contribution in [2.45, 2.75) is 6.61 Å². The van der Waals surface area contributed by atoms with Gasteiger partial charge in [-0.1, -0.05) is 40.9 Å². The summed E-state index contributed by atoms with van der Waals surface area (Å²) in [5.41, 5.74) is 1.11. The van der Waals surface area contributed by atoms with Gasteiger partial charge in [-0.2, -0.15) is 0 Å². The average molecular weight is 346 g/mol. The summed E-state index contributed by atoms with van der Waals surface area (Å²) in [5, 5.41) is 1.36. The molecule has 0 atom stereocenters. The maximum absolute atomic E-state index is 10.9. The number of methoxy groups -OCH3 is 1. The Morgan fingerprint density at radius 1 is 1.05 bits per heavy atom. The number of hydrogen-bond acceptors (Lipinski definition) is 3. The molecular weight excluding hydrogens is 335 g/mol. The molecule has 6 heteroatoms. The Labute approximate surface area is 137 Å². The highest BCUT2D eigenvalue weighted by Gasteiger charge is 2.11. The second-order valence-corrected chi connectivity index (χ2v) is 5.42. The van der Waals surface area contributed by atoms with Gasteiger partial charge in [0.25, 0.3) is 0 Å². The van der Waals surface area contributed by atoms with Crippen LogP contribution in [0.25, 0.3) is 0 Å². The second kappa shape index (κ2) is 7.03. The fourth-order valence-corrected chi connectivity index (χ4v) is 2.37. The summed E-state index contributed by atoms with van der Waals surface area (Å²) >= 11 is 17.9. The van der Waals surface area contributed by atoms with Crippen molar-refractivity contribution in [3.8, 4) is 11.5 Å². The molecule has 0 bridgehead atoms. The standard InChI is InChI=1S/C15H11Cl3O3/c1-20-14-4-10(7-19)13(18)6-15(14)21-8-9-2-3-11(16)5-12(9)17/h2-7H,8H2,1H3. The molecule has 0 N–H and O–H groups in total. The minimum absolute atomic E-state index is 0.225. The maximum atomic E-state index is 10.9. The van der Waals surface area contributed by atoms with Crippen LogP contribution in [-0.2, 0) is 6.61 Å². The fourth-order valence-electron chi connectivity index (χ4n) is 1.71. The van der Waals surface area contributed by atoms with E-state index in [0.717, 1.165) is 5.56 Å². The van der Waals surface area contributed by atoms with E-state index < -0.39 is 0 Å². The molecule has 0 saturated carbocycles. The third-order valence-corrected chi connectivity index (χ3v) is 3.72. The monoisotopic (exact) mass is 344 g/mol. The minimum Gasteiger partial charge on any atom is -0.493 e. The molecule has 0 aromatic heterocycles. The van der Waals surface area contributed by atoms with E-state index in [9.17, 15) is 4.79 Å². The molecule has 0 aliphatic carbocycles. The Kier molecular flexibility index (Phi) is 5.34. The minimum atomic E-state index is 0.225. The molecule has 0 aliphatic heterocycles. The van der Waals surface area contributed by atoms with Crippen LogP contribution in [0.4, 0.5) is 0 Å². The average Bonchev–Trinajstić information content (AvgIpc) is 2.46. The van der Waals surface area contributed by atoms with Gasteiger partial charge in [0, 0.05) is 27.2 Å². The zero-order valence-electron chi connectivity index (χ0n) is 11.0. The number of carbonyl (C=O) groups is 1. The van der Waals surface area contributed by atoms with E-state index in [4.69, 9.17) is 44.3 Å². The van der Waals surface area contributed by atoms with E-state index in [1.807, 2.05) is 0 Å². The molecule has 0 saturated heterocycles. The van der Waals surface area contributed by atoms with Crippen LogP contribution in [0.2, 0.25) is 15.1 Å². The van der Waals surface area contributed by atoms with Crippen molar-refractivity contribution in [2.75, 3.05) is 7.11 Å². The molecule has 2 aromatic carbocycles. The van der Waals surface area contributed by atoms with E-state index in [1.165, 1.54) is 19.2 Å². The van der Waals surface area contributed by atoms with Gasteiger partial charge >= 0.3 is 0 Å². The maximum Gasteiger partial charge on any atom is 0.163 e. The Bertz CT molecular complexity index is 671. The van der Waals surface area contributed by atoms with Crippen LogP contribution in [0.5, 0.6) is 11.5 Å². The largest absolute Gasteiger partial charge is 0.493 e. The lowest BCUT2D eigenvalue weighted by atomic mass is 10.2. The second-order valence-electron chi connectivity index (χ2n) is 4.17. The van der Waals surface area contributed by atoms with Gasteiger partial charge in [-0.15, -0.1) is 0 Å². The van der Waals surface area contributed by atoms with Gasteiger partial charge < -0.3 is 9.47 Å². The molecule has 21 heavy (non-hydrogen) atoms. The van der Waals surface area contributed by atoms with Gasteiger partial charge in [0.2, 0.25) is 0 Å². The number of hydrogen-bond donors (Lipinski definition) is 0. The summed E-state index contributed by atoms with van der Waals surface area (Å²) in [4.78, 5) is 10.9. The lowest BCUT2D eigenvalue weighted by molar-refractivity contribution is 0.112. The van der Waals surface area contributed by atoms with Gasteiger partial charge in [-0.05, 0) is 18.2 Å². The zero-order valence-corrected chi connectivity index (χ0v) is 13.3. The number of rotatable bonds is 5. The first-order valence-electron chi connectivity index (χ1n) is 5.94. The molecule has 0 fully saturated rings. The van der Waals surface area contributed by atoms with E-state index in [-0.39, 0.29) is 6.61 Å². The van der Waals surface area contributed by atoms with Crippen molar-refractivity contribution < 1.29 is 14.3 Å². The molecule has 0 spiro atoms. The van der Waals surface area contributed by atoms with Crippen LogP contribution in [0, 0.1) is 0 Å². The topological polar surface area (TPSA) is 35.5 Å². The van der Waals surface area contributed by atoms with Crippen LogP contribution in [0.1, 0.15) is 15.9 Å². The summed E-state index contributed by atoms with van der Waals surface area (Å²) in [5.74, 6) is 0.853. The summed E-state index contributed by atoms with van der Waals surface area (Å²) in [6.45, 7) is 0.225. The number of ether oxygens (including phenoxy) is 2. The molecule has 0 amide bonds. The molecule has 0 radical (unpaired) electrons. The van der Waals surface area contributed by atoms with Crippen molar-refractivity contribution in [3.63, 3.8) is 0 Å². The van der Waals surface area contributed by atoms with Crippen molar-refractivity contribution >= 4 is 41.1 Å². The molecule has 3 nitrogen and oxygen atoms in total. The normalized spacial score (nSPS) is 10.3. The third-order valence-electron chi connectivity index (χ3n) is 2.81. The van der Waals surface area contributed by atoms with Gasteiger partial charge in [0.15, 0.2) is 17.8 Å². The summed E-state index contributed by atoms with van der Waals surface area (Å²) < 4.78 is 10.8. The molecule has 110 valence electrons. The summed E-state index contributed by atoms with van der Waals surface area (Å²) in [6.07, 6.45) is 0.657. The van der Waals surface area contributed by atoms with Gasteiger partial charge in [0.05, 0.1) is 12.1 Å². The van der Waals surface area contributed by atoms with Crippen LogP contribution in [-0.4, -0.2) is 13.4 Å². The molecule has 0 aliphatic rings. The fraction of sp³-hybridized carbons (Fsp3) is 0.133. The lowest BCUT2D eigenvalue weighted by Gasteiger charge is -2.13. The number of carbonyl (C=O) groups excluding carboxylic acids is 1. The Hall–Kier alpha value is -1.42. The molecular formula is C15H11Cl3O3. The molecule has 2 aromatic rings. The first-order valence-corrected chi connectivity index (χ1v) is 7.08. The highest BCUT2D eigenvalue weighted by atomic mass is 35.5. The predicted octanol–water partition coefficient (Wildman–Crippen LogP) is 5.05. The van der Waals surface area contributed by atoms with Gasteiger partial charge in [0.1, 0.15) is 6.61 Å². The number of halogens is 3. The molecule has 0 heterocycles. The van der Waals surface area contributed by atoms with Crippen molar-refractivity contribution in [3.05, 3.63) is 56.5 Å². The quantitative estimate of drug-likeness (QED) is 0.712. The third kappa shape index (κ3) is 3.82. The Morgan fingerprint density at radius 3 is 2.43 bits per heavy atom. The highest BCUT2D eigenvalue weighted by Crippen LogP contribution is 2.33. The Morgan fingerprint density at radius 2 is 1.81 bits per heavy atom. The van der Waals surface area contributed by atoms with Crippen LogP contribution in [0.3, 0.4) is 0 Å². The predicted molar refractivity (Wildman–Crippen MR) is 84.2 cm³/mol. The first-order chi connectivity index (χ1) is 10.0. The van der Waals surface area contributed by atoms with Crippen LogP contribution in [0.15, 0.2) is 30.3 Å². The van der Waals surface area contributed by atoms with Crippen LogP contribution < -0.4 is 9.47 Å². The van der Waals surface area contributed by atoms with E-state index in [0.29, 0.717) is 38.4 Å². The summed E-state index contributed by atoms with van der Waals surface area (Å²) in [6, 6.07) is 8.20. The lowest BCUT2D eigenvalue weighted by Crippen LogP contribution is -1.99. The zero-order chi connectivity index (χ0) is 15.4. The first kappa shape index (κ1) is 16.0. The van der Waals surface area contributed by atoms with Crippen LogP contribution >= 0.6 is 34.8 Å². The highest BCUT2D eigenvalue weighted by molar-refractivity contribution is 6.35. The van der Waals surface area contributed by atoms with Crippen molar-refractivity contribution in [1.29, 1.82) is 0 Å². The SMILES string of the molecule is COc1cc(C=O)c(Cl)cc1OCc1ccc(Cl)cc1Cl. The van der Waals surface area contributed by atoms with Gasteiger partial charge in [-0.25, -0.2) is 0 Å². The number of benzene rings is 2.